The molecule has 33 heavy (non-hydrogen) atoms. The number of nitrogens with zero attached hydrogens (tertiary/aromatic N) is 3. The second-order valence-electron chi connectivity index (χ2n) is 8.44. The third kappa shape index (κ3) is 5.62. The Morgan fingerprint density at radius 2 is 1.61 bits per heavy atom. The van der Waals surface area contributed by atoms with Gasteiger partial charge in [0.15, 0.2) is 0 Å². The summed E-state index contributed by atoms with van der Waals surface area (Å²) in [6, 6.07) is 11.5. The van der Waals surface area contributed by atoms with Gasteiger partial charge in [0.2, 0.25) is 15.9 Å². The molecule has 6 nitrogen and oxygen atoms in total. The standard InChI is InChI=1S/C23H26Cl2FN3O3S/c24-19-6-5-17(15-20(19)25)16-33(31,32)29-9-7-18(8-10-29)23(30)28-13-11-27(12-14-28)22-4-2-1-3-21(22)26/h1-6,15,18H,7-14,16H2. The van der Waals surface area contributed by atoms with Gasteiger partial charge >= 0.3 is 0 Å². The van der Waals surface area contributed by atoms with Crippen molar-refractivity contribution in [1.29, 1.82) is 0 Å². The van der Waals surface area contributed by atoms with Crippen LogP contribution in [0.4, 0.5) is 10.1 Å². The van der Waals surface area contributed by atoms with E-state index < -0.39 is 10.0 Å². The van der Waals surface area contributed by atoms with E-state index in [1.807, 2.05) is 9.80 Å². The van der Waals surface area contributed by atoms with Crippen LogP contribution in [-0.4, -0.2) is 62.8 Å². The summed E-state index contributed by atoms with van der Waals surface area (Å²) in [6.07, 6.45) is 0.986. The number of anilines is 1. The van der Waals surface area contributed by atoms with Crippen molar-refractivity contribution in [3.8, 4) is 0 Å². The van der Waals surface area contributed by atoms with Crippen LogP contribution in [0.15, 0.2) is 42.5 Å². The summed E-state index contributed by atoms with van der Waals surface area (Å²) >= 11 is 11.9. The smallest absolute Gasteiger partial charge is 0.225 e. The lowest BCUT2D eigenvalue weighted by atomic mass is 9.96. The molecule has 1 amide bonds. The number of hydrogen-bond acceptors (Lipinski definition) is 4. The Balaban J connectivity index is 1.29. The summed E-state index contributed by atoms with van der Waals surface area (Å²) in [6.45, 7) is 2.84. The molecule has 0 bridgehead atoms. The number of hydrogen-bond donors (Lipinski definition) is 0. The highest BCUT2D eigenvalue weighted by atomic mass is 35.5. The topological polar surface area (TPSA) is 60.9 Å². The first-order valence-electron chi connectivity index (χ1n) is 10.9. The second kappa shape index (κ2) is 10.2. The summed E-state index contributed by atoms with van der Waals surface area (Å²) in [5.74, 6) is -0.543. The van der Waals surface area contributed by atoms with Crippen LogP contribution in [0, 0.1) is 11.7 Å². The summed E-state index contributed by atoms with van der Waals surface area (Å²) in [4.78, 5) is 16.8. The summed E-state index contributed by atoms with van der Waals surface area (Å²) < 4.78 is 41.2. The van der Waals surface area contributed by atoms with Gasteiger partial charge in [0.1, 0.15) is 5.82 Å². The normalized spacial score (nSPS) is 18.5. The molecule has 0 spiro atoms. The van der Waals surface area contributed by atoms with E-state index in [-0.39, 0.29) is 23.4 Å². The fraction of sp³-hybridized carbons (Fsp3) is 0.435. The van der Waals surface area contributed by atoms with Crippen molar-refractivity contribution in [3.63, 3.8) is 0 Å². The van der Waals surface area contributed by atoms with Crippen molar-refractivity contribution >= 4 is 44.8 Å². The molecule has 10 heteroatoms. The van der Waals surface area contributed by atoms with Crippen LogP contribution < -0.4 is 4.90 Å². The first-order valence-corrected chi connectivity index (χ1v) is 13.3. The van der Waals surface area contributed by atoms with Crippen LogP contribution >= 0.6 is 23.2 Å². The lowest BCUT2D eigenvalue weighted by Crippen LogP contribution is -2.52. The van der Waals surface area contributed by atoms with Crippen LogP contribution in [0.25, 0.3) is 0 Å². The Labute approximate surface area is 203 Å². The second-order valence-corrected chi connectivity index (χ2v) is 11.2. The quantitative estimate of drug-likeness (QED) is 0.605. The van der Waals surface area contributed by atoms with Crippen LogP contribution in [0.3, 0.4) is 0 Å². The molecular formula is C23H26Cl2FN3O3S. The summed E-state index contributed by atoms with van der Waals surface area (Å²) in [5.41, 5.74) is 1.14. The number of para-hydroxylation sites is 1. The number of rotatable bonds is 5. The van der Waals surface area contributed by atoms with Crippen molar-refractivity contribution in [2.24, 2.45) is 5.92 Å². The minimum Gasteiger partial charge on any atom is -0.366 e. The van der Waals surface area contributed by atoms with Crippen molar-refractivity contribution in [2.75, 3.05) is 44.2 Å². The average molecular weight is 514 g/mol. The highest BCUT2D eigenvalue weighted by Gasteiger charge is 2.34. The van der Waals surface area contributed by atoms with Crippen LogP contribution in [0.1, 0.15) is 18.4 Å². The molecule has 0 aromatic heterocycles. The third-order valence-corrected chi connectivity index (χ3v) is 8.90. The van der Waals surface area contributed by atoms with Gasteiger partial charge in [-0.3, -0.25) is 4.79 Å². The maximum Gasteiger partial charge on any atom is 0.225 e. The number of piperazine rings is 1. The molecule has 0 N–H and O–H groups in total. The summed E-state index contributed by atoms with van der Waals surface area (Å²) in [7, 11) is -3.52. The SMILES string of the molecule is O=C(C1CCN(S(=O)(=O)Cc2ccc(Cl)c(Cl)c2)CC1)N1CCN(c2ccccc2F)CC1. The lowest BCUT2D eigenvalue weighted by molar-refractivity contribution is -0.137. The van der Waals surface area contributed by atoms with Gasteiger partial charge < -0.3 is 9.80 Å². The molecule has 2 aliphatic heterocycles. The van der Waals surface area contributed by atoms with Crippen molar-refractivity contribution in [1.82, 2.24) is 9.21 Å². The predicted octanol–water partition coefficient (Wildman–Crippen LogP) is 4.02. The van der Waals surface area contributed by atoms with E-state index in [2.05, 4.69) is 0 Å². The van der Waals surface area contributed by atoms with Crippen LogP contribution in [0.5, 0.6) is 0 Å². The molecule has 0 saturated carbocycles. The van der Waals surface area contributed by atoms with E-state index in [0.29, 0.717) is 73.4 Å². The highest BCUT2D eigenvalue weighted by molar-refractivity contribution is 7.88. The molecule has 4 rings (SSSR count). The molecular weight excluding hydrogens is 488 g/mol. The number of piperidine rings is 1. The highest BCUT2D eigenvalue weighted by Crippen LogP contribution is 2.27. The molecule has 2 heterocycles. The number of sulfonamides is 1. The molecule has 178 valence electrons. The van der Waals surface area contributed by atoms with Crippen LogP contribution in [0.2, 0.25) is 10.0 Å². The molecule has 0 radical (unpaired) electrons. The fourth-order valence-corrected chi connectivity index (χ4v) is 6.32. The zero-order valence-corrected chi connectivity index (χ0v) is 20.4. The van der Waals surface area contributed by atoms with E-state index >= 15 is 0 Å². The number of amides is 1. The molecule has 2 saturated heterocycles. The fourth-order valence-electron chi connectivity index (χ4n) is 4.45. The Bertz CT molecular complexity index is 1120. The van der Waals surface area contributed by atoms with Gasteiger partial charge in [-0.25, -0.2) is 17.1 Å². The monoisotopic (exact) mass is 513 g/mol. The number of benzene rings is 2. The maximum atomic E-state index is 14.0. The van der Waals surface area contributed by atoms with Gasteiger partial charge in [-0.15, -0.1) is 0 Å². The summed E-state index contributed by atoms with van der Waals surface area (Å²) in [5, 5.41) is 0.704. The van der Waals surface area contributed by atoms with Gasteiger partial charge in [0.25, 0.3) is 0 Å². The number of halogens is 3. The number of carbonyl (C=O) groups excluding carboxylic acids is 1. The van der Waals surface area contributed by atoms with E-state index in [0.717, 1.165) is 0 Å². The van der Waals surface area contributed by atoms with E-state index in [9.17, 15) is 17.6 Å². The Hall–Kier alpha value is -1.87. The van der Waals surface area contributed by atoms with Gasteiger partial charge in [0.05, 0.1) is 21.5 Å². The maximum absolute atomic E-state index is 14.0. The molecule has 2 aromatic carbocycles. The Morgan fingerprint density at radius 1 is 0.939 bits per heavy atom. The van der Waals surface area contributed by atoms with Crippen molar-refractivity contribution < 1.29 is 17.6 Å². The number of carbonyl (C=O) groups is 1. The van der Waals surface area contributed by atoms with Crippen molar-refractivity contribution in [2.45, 2.75) is 18.6 Å². The largest absolute Gasteiger partial charge is 0.366 e. The minimum atomic E-state index is -3.52. The van der Waals surface area contributed by atoms with Crippen molar-refractivity contribution in [3.05, 3.63) is 63.9 Å². The molecule has 0 aliphatic carbocycles. The van der Waals surface area contributed by atoms with Crippen LogP contribution in [-0.2, 0) is 20.6 Å². The molecule has 2 aliphatic rings. The van der Waals surface area contributed by atoms with Gasteiger partial charge in [-0.2, -0.15) is 0 Å². The molecule has 0 unspecified atom stereocenters. The Morgan fingerprint density at radius 3 is 2.24 bits per heavy atom. The van der Waals surface area contributed by atoms with E-state index in [1.165, 1.54) is 10.4 Å². The predicted molar refractivity (Wildman–Crippen MR) is 129 cm³/mol. The molecule has 2 fully saturated rings. The molecule has 2 aromatic rings. The zero-order chi connectivity index (χ0) is 23.6. The third-order valence-electron chi connectivity index (χ3n) is 6.31. The average Bonchev–Trinajstić information content (AvgIpc) is 2.81. The van der Waals surface area contributed by atoms with E-state index in [4.69, 9.17) is 23.2 Å². The van der Waals surface area contributed by atoms with E-state index in [1.54, 1.807) is 36.4 Å². The van der Waals surface area contributed by atoms with Gasteiger partial charge in [-0.05, 0) is 42.7 Å². The molecule has 0 atom stereocenters. The lowest BCUT2D eigenvalue weighted by Gasteiger charge is -2.39. The van der Waals surface area contributed by atoms with Gasteiger partial charge in [-0.1, -0.05) is 41.4 Å². The Kier molecular flexibility index (Phi) is 7.48. The minimum absolute atomic E-state index is 0.0599. The first kappa shape index (κ1) is 24.3. The zero-order valence-electron chi connectivity index (χ0n) is 18.1. The first-order chi connectivity index (χ1) is 15.7. The van der Waals surface area contributed by atoms with Gasteiger partial charge in [0, 0.05) is 45.2 Å².